The molecule has 1 aromatic rings. The number of nitrogens with one attached hydrogen (secondary N) is 1. The van der Waals surface area contributed by atoms with Gasteiger partial charge in [0.1, 0.15) is 0 Å². The van der Waals surface area contributed by atoms with Crippen LogP contribution in [0.5, 0.6) is 0 Å². The minimum Gasteiger partial charge on any atom is -0.378 e. The average Bonchev–Trinajstić information content (AvgIpc) is 2.33. The molecule has 0 bridgehead atoms. The van der Waals surface area contributed by atoms with E-state index in [1.165, 1.54) is 10.5 Å². The largest absolute Gasteiger partial charge is 0.378 e. The topological polar surface area (TPSA) is 21.3 Å². The molecule has 0 aliphatic carbocycles. The third-order valence-corrected chi connectivity index (χ3v) is 3.28. The molecule has 1 N–H and O–H groups in total. The van der Waals surface area contributed by atoms with Crippen LogP contribution in [0.15, 0.2) is 29.2 Å². The van der Waals surface area contributed by atoms with Crippen LogP contribution in [0.2, 0.25) is 0 Å². The van der Waals surface area contributed by atoms with Crippen LogP contribution in [0.1, 0.15) is 26.3 Å². The van der Waals surface area contributed by atoms with Gasteiger partial charge in [-0.05, 0) is 38.1 Å². The van der Waals surface area contributed by atoms with Gasteiger partial charge in [0.05, 0.1) is 12.7 Å². The Morgan fingerprint density at radius 3 is 2.53 bits per heavy atom. The SMILES string of the molecule is CCNCc1ccc(SCCOC(C)C)cc1. The van der Waals surface area contributed by atoms with Gasteiger partial charge in [-0.1, -0.05) is 19.1 Å². The Bertz CT molecular complexity index is 298. The highest BCUT2D eigenvalue weighted by Gasteiger charge is 1.97. The summed E-state index contributed by atoms with van der Waals surface area (Å²) in [6.45, 7) is 9.06. The maximum atomic E-state index is 5.51. The van der Waals surface area contributed by atoms with Crippen molar-refractivity contribution < 1.29 is 4.74 Å². The zero-order valence-electron chi connectivity index (χ0n) is 11.0. The van der Waals surface area contributed by atoms with Crippen molar-refractivity contribution in [3.8, 4) is 0 Å². The summed E-state index contributed by atoms with van der Waals surface area (Å²) in [4.78, 5) is 1.32. The van der Waals surface area contributed by atoms with E-state index >= 15 is 0 Å². The zero-order valence-corrected chi connectivity index (χ0v) is 11.8. The second-order valence-corrected chi connectivity index (χ2v) is 5.36. The molecule has 0 spiro atoms. The molecular formula is C14H23NOS. The molecule has 0 aromatic heterocycles. The van der Waals surface area contributed by atoms with Crippen molar-refractivity contribution in [2.75, 3.05) is 18.9 Å². The summed E-state index contributed by atoms with van der Waals surface area (Å²) in [6.07, 6.45) is 0.332. The summed E-state index contributed by atoms with van der Waals surface area (Å²) in [5.41, 5.74) is 1.34. The van der Waals surface area contributed by atoms with Gasteiger partial charge >= 0.3 is 0 Å². The van der Waals surface area contributed by atoms with Crippen molar-refractivity contribution in [1.29, 1.82) is 0 Å². The third kappa shape index (κ3) is 6.71. The van der Waals surface area contributed by atoms with E-state index in [1.807, 2.05) is 11.8 Å². The predicted octanol–water partition coefficient (Wildman–Crippen LogP) is 3.31. The molecule has 96 valence electrons. The summed E-state index contributed by atoms with van der Waals surface area (Å²) in [5.74, 6) is 1.02. The minimum atomic E-state index is 0.332. The molecule has 0 atom stereocenters. The number of thioether (sulfide) groups is 1. The highest BCUT2D eigenvalue weighted by atomic mass is 32.2. The van der Waals surface area contributed by atoms with Crippen LogP contribution in [-0.4, -0.2) is 25.0 Å². The molecule has 0 heterocycles. The van der Waals surface area contributed by atoms with Crippen LogP contribution >= 0.6 is 11.8 Å². The third-order valence-electron chi connectivity index (χ3n) is 2.31. The quantitative estimate of drug-likeness (QED) is 0.567. The van der Waals surface area contributed by atoms with E-state index in [0.717, 1.165) is 25.4 Å². The maximum Gasteiger partial charge on any atom is 0.0563 e. The van der Waals surface area contributed by atoms with Gasteiger partial charge in [-0.25, -0.2) is 0 Å². The summed E-state index contributed by atoms with van der Waals surface area (Å²) in [6, 6.07) is 8.75. The molecule has 0 saturated carbocycles. The van der Waals surface area contributed by atoms with Crippen molar-refractivity contribution in [2.24, 2.45) is 0 Å². The van der Waals surface area contributed by atoms with E-state index in [4.69, 9.17) is 4.74 Å². The van der Waals surface area contributed by atoms with Crippen LogP contribution in [0, 0.1) is 0 Å². The number of ether oxygens (including phenoxy) is 1. The fourth-order valence-electron chi connectivity index (χ4n) is 1.42. The van der Waals surface area contributed by atoms with Crippen LogP contribution in [0.25, 0.3) is 0 Å². The first-order valence-electron chi connectivity index (χ1n) is 6.26. The van der Waals surface area contributed by atoms with Gasteiger partial charge in [-0.15, -0.1) is 11.8 Å². The molecular weight excluding hydrogens is 230 g/mol. The Morgan fingerprint density at radius 1 is 1.24 bits per heavy atom. The van der Waals surface area contributed by atoms with E-state index in [2.05, 4.69) is 50.4 Å². The van der Waals surface area contributed by atoms with Crippen molar-refractivity contribution in [2.45, 2.75) is 38.3 Å². The summed E-state index contributed by atoms with van der Waals surface area (Å²) >= 11 is 1.85. The fourth-order valence-corrected chi connectivity index (χ4v) is 2.16. The Morgan fingerprint density at radius 2 is 1.94 bits per heavy atom. The van der Waals surface area contributed by atoms with Crippen molar-refractivity contribution in [3.63, 3.8) is 0 Å². The van der Waals surface area contributed by atoms with Crippen molar-refractivity contribution >= 4 is 11.8 Å². The van der Waals surface area contributed by atoms with Crippen LogP contribution in [-0.2, 0) is 11.3 Å². The molecule has 0 aliphatic rings. The first-order chi connectivity index (χ1) is 8.22. The molecule has 17 heavy (non-hydrogen) atoms. The summed E-state index contributed by atoms with van der Waals surface area (Å²) < 4.78 is 5.51. The Kier molecular flexibility index (Phi) is 7.33. The second-order valence-electron chi connectivity index (χ2n) is 4.19. The average molecular weight is 253 g/mol. The van der Waals surface area contributed by atoms with E-state index in [1.54, 1.807) is 0 Å². The maximum absolute atomic E-state index is 5.51. The Labute approximate surface area is 109 Å². The van der Waals surface area contributed by atoms with Gasteiger partial charge in [0.15, 0.2) is 0 Å². The molecule has 0 fully saturated rings. The first-order valence-corrected chi connectivity index (χ1v) is 7.25. The van der Waals surface area contributed by atoms with Gasteiger partial charge in [0.2, 0.25) is 0 Å². The second kappa shape index (κ2) is 8.56. The van der Waals surface area contributed by atoms with Crippen molar-refractivity contribution in [1.82, 2.24) is 5.32 Å². The van der Waals surface area contributed by atoms with Gasteiger partial charge in [-0.3, -0.25) is 0 Å². The summed E-state index contributed by atoms with van der Waals surface area (Å²) in [5, 5.41) is 3.32. The number of rotatable bonds is 8. The normalized spacial score (nSPS) is 11.1. The first kappa shape index (κ1) is 14.6. The monoisotopic (exact) mass is 253 g/mol. The number of benzene rings is 1. The lowest BCUT2D eigenvalue weighted by Gasteiger charge is -2.07. The van der Waals surface area contributed by atoms with Gasteiger partial charge in [0, 0.05) is 17.2 Å². The Hall–Kier alpha value is -0.510. The van der Waals surface area contributed by atoms with E-state index in [0.29, 0.717) is 6.10 Å². The van der Waals surface area contributed by atoms with Crippen molar-refractivity contribution in [3.05, 3.63) is 29.8 Å². The molecule has 1 aromatic carbocycles. The molecule has 0 unspecified atom stereocenters. The predicted molar refractivity (Wildman–Crippen MR) is 75.6 cm³/mol. The van der Waals surface area contributed by atoms with Crippen LogP contribution < -0.4 is 5.32 Å². The fraction of sp³-hybridized carbons (Fsp3) is 0.571. The van der Waals surface area contributed by atoms with Crippen LogP contribution in [0.3, 0.4) is 0 Å². The zero-order chi connectivity index (χ0) is 12.5. The standard InChI is InChI=1S/C14H23NOS/c1-4-15-11-13-5-7-14(8-6-13)17-10-9-16-12(2)3/h5-8,12,15H,4,9-11H2,1-3H3. The minimum absolute atomic E-state index is 0.332. The lowest BCUT2D eigenvalue weighted by atomic mass is 10.2. The molecule has 0 saturated heterocycles. The van der Waals surface area contributed by atoms with Gasteiger partial charge in [-0.2, -0.15) is 0 Å². The lowest BCUT2D eigenvalue weighted by molar-refractivity contribution is 0.0920. The summed E-state index contributed by atoms with van der Waals surface area (Å²) in [7, 11) is 0. The molecule has 0 radical (unpaired) electrons. The number of hydrogen-bond donors (Lipinski definition) is 1. The van der Waals surface area contributed by atoms with E-state index in [-0.39, 0.29) is 0 Å². The number of hydrogen-bond acceptors (Lipinski definition) is 3. The van der Waals surface area contributed by atoms with Gasteiger partial charge in [0.25, 0.3) is 0 Å². The molecule has 2 nitrogen and oxygen atoms in total. The molecule has 1 rings (SSSR count). The van der Waals surface area contributed by atoms with Gasteiger partial charge < -0.3 is 10.1 Å². The molecule has 0 aliphatic heterocycles. The Balaban J connectivity index is 2.25. The van der Waals surface area contributed by atoms with E-state index in [9.17, 15) is 0 Å². The molecule has 3 heteroatoms. The smallest absolute Gasteiger partial charge is 0.0563 e. The van der Waals surface area contributed by atoms with E-state index < -0.39 is 0 Å². The highest BCUT2D eigenvalue weighted by Crippen LogP contribution is 2.18. The highest BCUT2D eigenvalue weighted by molar-refractivity contribution is 7.99. The molecule has 0 amide bonds. The van der Waals surface area contributed by atoms with Crippen LogP contribution in [0.4, 0.5) is 0 Å². The lowest BCUT2D eigenvalue weighted by Crippen LogP contribution is -2.11.